The van der Waals surface area contributed by atoms with E-state index in [9.17, 15) is 8.42 Å². The number of hydrogen-bond acceptors (Lipinski definition) is 4. The predicted molar refractivity (Wildman–Crippen MR) is 78.0 cm³/mol. The van der Waals surface area contributed by atoms with Crippen molar-refractivity contribution < 1.29 is 8.42 Å². The maximum absolute atomic E-state index is 10.9. The molecule has 0 amide bonds. The summed E-state index contributed by atoms with van der Waals surface area (Å²) in [5, 5.41) is 5.36. The van der Waals surface area contributed by atoms with Crippen molar-refractivity contribution in [2.45, 2.75) is 4.90 Å². The van der Waals surface area contributed by atoms with Crippen molar-refractivity contribution in [3.05, 3.63) is 24.3 Å². The fourth-order valence-electron chi connectivity index (χ4n) is 0.883. The maximum Gasteiger partial charge on any atom is 0.238 e. The van der Waals surface area contributed by atoms with E-state index >= 15 is 0 Å². The summed E-state index contributed by atoms with van der Waals surface area (Å²) in [5.74, 6) is 0. The van der Waals surface area contributed by atoms with Gasteiger partial charge in [-0.25, -0.2) is 18.5 Å². The summed E-state index contributed by atoms with van der Waals surface area (Å²) >= 11 is 1.31. The van der Waals surface area contributed by atoms with E-state index in [1.165, 1.54) is 23.9 Å². The normalized spacial score (nSPS) is 12.0. The molecule has 0 aliphatic carbocycles. The van der Waals surface area contributed by atoms with Gasteiger partial charge in [0, 0.05) is 0 Å². The maximum atomic E-state index is 10.9. The largest absolute Gasteiger partial charge is 0.378 e. The van der Waals surface area contributed by atoms with Gasteiger partial charge in [-0.15, -0.1) is 24.0 Å². The highest BCUT2D eigenvalue weighted by atomic mass is 127. The van der Waals surface area contributed by atoms with Crippen LogP contribution in [0.2, 0.25) is 0 Å². The van der Waals surface area contributed by atoms with Crippen molar-refractivity contribution in [1.29, 1.82) is 0 Å². The van der Waals surface area contributed by atoms with Gasteiger partial charge in [-0.05, 0) is 30.5 Å². The molecule has 0 unspecified atom stereocenters. The number of nitrogens with zero attached hydrogens (tertiary/aromatic N) is 1. The summed E-state index contributed by atoms with van der Waals surface area (Å²) in [5.41, 5.74) is 6.09. The number of amidine groups is 1. The molecule has 0 heterocycles. The van der Waals surface area contributed by atoms with E-state index in [0.717, 1.165) is 0 Å². The molecule has 90 valence electrons. The van der Waals surface area contributed by atoms with Crippen LogP contribution in [0.25, 0.3) is 0 Å². The van der Waals surface area contributed by atoms with Gasteiger partial charge in [0.25, 0.3) is 0 Å². The fourth-order valence-corrected chi connectivity index (χ4v) is 1.60. The summed E-state index contributed by atoms with van der Waals surface area (Å²) in [6.07, 6.45) is 1.80. The number of hydrogen-bond donors (Lipinski definition) is 2. The van der Waals surface area contributed by atoms with Crippen LogP contribution in [0, 0.1) is 0 Å². The summed E-state index contributed by atoms with van der Waals surface area (Å²) in [6, 6.07) is 5.87. The van der Waals surface area contributed by atoms with Crippen LogP contribution < -0.4 is 10.9 Å². The zero-order valence-corrected chi connectivity index (χ0v) is 12.4. The Hall–Kier alpha value is -0.320. The second kappa shape index (κ2) is 6.42. The van der Waals surface area contributed by atoms with Gasteiger partial charge in [-0.3, -0.25) is 0 Å². The summed E-state index contributed by atoms with van der Waals surface area (Å²) in [6.45, 7) is 0. The number of sulfonamides is 1. The lowest BCUT2D eigenvalue weighted by molar-refractivity contribution is 0.598. The van der Waals surface area contributed by atoms with Gasteiger partial charge in [0.1, 0.15) is 0 Å². The minimum Gasteiger partial charge on any atom is -0.378 e. The number of nitrogens with two attached hydrogens (primary N) is 2. The third kappa shape index (κ3) is 4.68. The molecule has 0 saturated carbocycles. The number of rotatable bonds is 2. The molecule has 0 atom stereocenters. The molecule has 0 bridgehead atoms. The lowest BCUT2D eigenvalue weighted by Gasteiger charge is -1.99. The van der Waals surface area contributed by atoms with E-state index in [0.29, 0.717) is 10.9 Å². The molecule has 0 spiro atoms. The number of aliphatic imine (C=N–C) groups is 1. The number of benzene rings is 1. The highest BCUT2D eigenvalue weighted by Crippen LogP contribution is 2.16. The Balaban J connectivity index is 0.00000225. The van der Waals surface area contributed by atoms with Gasteiger partial charge in [-0.1, -0.05) is 11.8 Å². The van der Waals surface area contributed by atoms with E-state index in [4.69, 9.17) is 10.9 Å². The van der Waals surface area contributed by atoms with Crippen LogP contribution in [-0.4, -0.2) is 19.8 Å². The van der Waals surface area contributed by atoms with E-state index in [2.05, 4.69) is 4.99 Å². The molecule has 0 radical (unpaired) electrons. The minimum absolute atomic E-state index is 0. The van der Waals surface area contributed by atoms with E-state index in [-0.39, 0.29) is 28.9 Å². The standard InChI is InChI=1S/C8H11N3O2S2.HI/c1-14-8(9)11-6-2-4-7(5-3-6)15(10,12)13;/h2-5H,1H3,(H2,9,11)(H2,10,12,13);1H. The molecular formula is C8H12IN3O2S2. The zero-order valence-electron chi connectivity index (χ0n) is 8.45. The molecule has 4 N–H and O–H groups in total. The third-order valence-electron chi connectivity index (χ3n) is 1.61. The van der Waals surface area contributed by atoms with Crippen LogP contribution in [0.3, 0.4) is 0 Å². The first kappa shape index (κ1) is 15.7. The molecule has 1 aromatic carbocycles. The fraction of sp³-hybridized carbons (Fsp3) is 0.125. The molecule has 8 heteroatoms. The Bertz CT molecular complexity index is 471. The van der Waals surface area contributed by atoms with Crippen molar-refractivity contribution in [3.8, 4) is 0 Å². The molecule has 1 aromatic rings. The molecular weight excluding hydrogens is 361 g/mol. The highest BCUT2D eigenvalue weighted by molar-refractivity contribution is 14.0. The molecule has 5 nitrogen and oxygen atoms in total. The number of thioether (sulfide) groups is 1. The van der Waals surface area contributed by atoms with E-state index in [1.807, 2.05) is 0 Å². The van der Waals surface area contributed by atoms with E-state index < -0.39 is 10.0 Å². The molecule has 0 saturated heterocycles. The van der Waals surface area contributed by atoms with Crippen LogP contribution in [-0.2, 0) is 10.0 Å². The third-order valence-corrected chi connectivity index (χ3v) is 3.05. The van der Waals surface area contributed by atoms with Crippen molar-refractivity contribution in [1.82, 2.24) is 0 Å². The number of halogens is 1. The van der Waals surface area contributed by atoms with Gasteiger partial charge in [0.2, 0.25) is 10.0 Å². The van der Waals surface area contributed by atoms with Crippen LogP contribution in [0.15, 0.2) is 34.2 Å². The van der Waals surface area contributed by atoms with Crippen molar-refractivity contribution in [2.24, 2.45) is 15.9 Å². The Kier molecular flexibility index (Phi) is 6.30. The van der Waals surface area contributed by atoms with Crippen molar-refractivity contribution in [3.63, 3.8) is 0 Å². The predicted octanol–water partition coefficient (Wildman–Crippen LogP) is 1.26. The van der Waals surface area contributed by atoms with Crippen molar-refractivity contribution >= 4 is 56.6 Å². The van der Waals surface area contributed by atoms with Gasteiger partial charge >= 0.3 is 0 Å². The van der Waals surface area contributed by atoms with Crippen LogP contribution >= 0.6 is 35.7 Å². The molecule has 0 aromatic heterocycles. The molecule has 0 aliphatic heterocycles. The summed E-state index contributed by atoms with van der Waals surface area (Å²) in [4.78, 5) is 4.08. The second-order valence-corrected chi connectivity index (χ2v) is 5.08. The Labute approximate surface area is 116 Å². The number of primary sulfonamides is 1. The lowest BCUT2D eigenvalue weighted by atomic mass is 10.3. The van der Waals surface area contributed by atoms with Gasteiger partial charge < -0.3 is 5.73 Å². The smallest absolute Gasteiger partial charge is 0.238 e. The quantitative estimate of drug-likeness (QED) is 0.463. The topological polar surface area (TPSA) is 98.5 Å². The van der Waals surface area contributed by atoms with Gasteiger partial charge in [-0.2, -0.15) is 0 Å². The zero-order chi connectivity index (χ0) is 11.5. The molecule has 1 rings (SSSR count). The second-order valence-electron chi connectivity index (χ2n) is 2.69. The Morgan fingerprint density at radius 2 is 1.81 bits per heavy atom. The summed E-state index contributed by atoms with van der Waals surface area (Å²) in [7, 11) is -3.64. The average molecular weight is 373 g/mol. The van der Waals surface area contributed by atoms with E-state index in [1.54, 1.807) is 18.4 Å². The first-order valence-electron chi connectivity index (χ1n) is 3.94. The molecule has 0 aliphatic rings. The highest BCUT2D eigenvalue weighted by Gasteiger charge is 2.06. The van der Waals surface area contributed by atoms with Crippen LogP contribution in [0.1, 0.15) is 0 Å². The SMILES string of the molecule is CSC(N)=Nc1ccc(S(N)(=O)=O)cc1.I. The molecule has 16 heavy (non-hydrogen) atoms. The minimum atomic E-state index is -3.64. The van der Waals surface area contributed by atoms with Crippen molar-refractivity contribution in [2.75, 3.05) is 6.26 Å². The van der Waals surface area contributed by atoms with Crippen LogP contribution in [0.4, 0.5) is 5.69 Å². The first-order chi connectivity index (χ1) is 6.93. The first-order valence-corrected chi connectivity index (χ1v) is 6.71. The monoisotopic (exact) mass is 373 g/mol. The average Bonchev–Trinajstić information content (AvgIpc) is 2.17. The summed E-state index contributed by atoms with van der Waals surface area (Å²) < 4.78 is 21.9. The Morgan fingerprint density at radius 1 is 1.31 bits per heavy atom. The van der Waals surface area contributed by atoms with Gasteiger partial charge in [0.15, 0.2) is 5.17 Å². The Morgan fingerprint density at radius 3 is 2.19 bits per heavy atom. The molecule has 0 fully saturated rings. The van der Waals surface area contributed by atoms with Crippen LogP contribution in [0.5, 0.6) is 0 Å². The lowest BCUT2D eigenvalue weighted by Crippen LogP contribution is -2.11. The van der Waals surface area contributed by atoms with Gasteiger partial charge in [0.05, 0.1) is 10.6 Å².